The third-order valence-corrected chi connectivity index (χ3v) is 5.60. The topological polar surface area (TPSA) is 94.3 Å². The number of carbonyl (C=O) groups excluding carboxylic acids is 2. The number of amides is 2. The average Bonchev–Trinajstić information content (AvgIpc) is 3.11. The van der Waals surface area contributed by atoms with Crippen LogP contribution in [0.2, 0.25) is 0 Å². The lowest BCUT2D eigenvalue weighted by molar-refractivity contribution is -0.133. The number of nitrogens with one attached hydrogen (secondary N) is 1. The molecule has 0 aromatic rings. The molecule has 0 spiro atoms. The first kappa shape index (κ1) is 22.5. The quantitative estimate of drug-likeness (QED) is 0.355. The van der Waals surface area contributed by atoms with Crippen molar-refractivity contribution in [1.82, 2.24) is 20.0 Å². The third-order valence-electron chi connectivity index (χ3n) is 5.60. The van der Waals surface area contributed by atoms with Gasteiger partial charge in [0.2, 0.25) is 11.8 Å². The molecule has 2 atom stereocenters. The molecule has 3 N–H and O–H groups in total. The van der Waals surface area contributed by atoms with Crippen molar-refractivity contribution < 1.29 is 9.59 Å². The standard InChI is InChI=1S/C20H38N6O2/c1-4-22-20(26-12-5-8-16(15-26)14-18(21)27)23-10-7-13-25-11-6-9-17(25)19(28)24(2)3/h16-17H,4-15H2,1-3H3,(H2,21,27)(H,22,23). The summed E-state index contributed by atoms with van der Waals surface area (Å²) in [6.07, 6.45) is 5.54. The molecule has 2 rings (SSSR count). The van der Waals surface area contributed by atoms with Gasteiger partial charge in [0.1, 0.15) is 0 Å². The summed E-state index contributed by atoms with van der Waals surface area (Å²) in [5, 5.41) is 3.38. The van der Waals surface area contributed by atoms with Gasteiger partial charge in [0.05, 0.1) is 6.04 Å². The Morgan fingerprint density at radius 1 is 1.21 bits per heavy atom. The average molecular weight is 395 g/mol. The van der Waals surface area contributed by atoms with E-state index in [0.717, 1.165) is 77.3 Å². The Hall–Kier alpha value is -1.83. The van der Waals surface area contributed by atoms with E-state index in [1.165, 1.54) is 0 Å². The second-order valence-corrected chi connectivity index (χ2v) is 8.14. The van der Waals surface area contributed by atoms with Crippen LogP contribution >= 0.6 is 0 Å². The maximum absolute atomic E-state index is 12.3. The molecule has 0 aromatic carbocycles. The van der Waals surface area contributed by atoms with Gasteiger partial charge in [0, 0.05) is 53.2 Å². The largest absolute Gasteiger partial charge is 0.370 e. The lowest BCUT2D eigenvalue weighted by Crippen LogP contribution is -2.47. The van der Waals surface area contributed by atoms with Gasteiger partial charge in [-0.1, -0.05) is 0 Å². The van der Waals surface area contributed by atoms with Crippen molar-refractivity contribution in [2.75, 3.05) is 53.4 Å². The molecule has 2 heterocycles. The second-order valence-electron chi connectivity index (χ2n) is 8.14. The highest BCUT2D eigenvalue weighted by Gasteiger charge is 2.31. The fraction of sp³-hybridized carbons (Fsp3) is 0.850. The number of nitrogens with zero attached hydrogens (tertiary/aromatic N) is 4. The summed E-state index contributed by atoms with van der Waals surface area (Å²) in [5.74, 6) is 1.24. The number of aliphatic imine (C=N–C) groups is 1. The zero-order valence-corrected chi connectivity index (χ0v) is 17.8. The number of hydrogen-bond acceptors (Lipinski definition) is 4. The van der Waals surface area contributed by atoms with Crippen molar-refractivity contribution in [3.63, 3.8) is 0 Å². The van der Waals surface area contributed by atoms with E-state index in [1.54, 1.807) is 4.90 Å². The van der Waals surface area contributed by atoms with Gasteiger partial charge in [-0.05, 0) is 51.5 Å². The molecule has 0 saturated carbocycles. The molecule has 0 aliphatic carbocycles. The molecule has 0 bridgehead atoms. The molecule has 2 aliphatic rings. The van der Waals surface area contributed by atoms with Gasteiger partial charge >= 0.3 is 0 Å². The van der Waals surface area contributed by atoms with Crippen molar-refractivity contribution in [1.29, 1.82) is 0 Å². The van der Waals surface area contributed by atoms with E-state index in [-0.39, 0.29) is 17.9 Å². The molecule has 2 aliphatic heterocycles. The number of guanidine groups is 1. The number of primary amides is 1. The van der Waals surface area contributed by atoms with Gasteiger partial charge in [0.25, 0.3) is 0 Å². The maximum atomic E-state index is 12.3. The Morgan fingerprint density at radius 2 is 1.96 bits per heavy atom. The number of piperidine rings is 1. The van der Waals surface area contributed by atoms with E-state index in [9.17, 15) is 9.59 Å². The number of carbonyl (C=O) groups is 2. The van der Waals surface area contributed by atoms with Crippen LogP contribution in [0.1, 0.15) is 45.4 Å². The van der Waals surface area contributed by atoms with Crippen LogP contribution in [0.15, 0.2) is 4.99 Å². The monoisotopic (exact) mass is 394 g/mol. The number of rotatable bonds is 8. The smallest absolute Gasteiger partial charge is 0.239 e. The lowest BCUT2D eigenvalue weighted by atomic mass is 9.95. The van der Waals surface area contributed by atoms with Crippen LogP contribution < -0.4 is 11.1 Å². The minimum Gasteiger partial charge on any atom is -0.370 e. The maximum Gasteiger partial charge on any atom is 0.239 e. The van der Waals surface area contributed by atoms with Crippen molar-refractivity contribution in [2.24, 2.45) is 16.6 Å². The van der Waals surface area contributed by atoms with Gasteiger partial charge in [-0.3, -0.25) is 19.5 Å². The summed E-state index contributed by atoms with van der Waals surface area (Å²) in [4.78, 5) is 34.6. The predicted molar refractivity (Wildman–Crippen MR) is 112 cm³/mol. The molecule has 0 aromatic heterocycles. The molecule has 2 amide bonds. The first-order chi connectivity index (χ1) is 13.4. The summed E-state index contributed by atoms with van der Waals surface area (Å²) < 4.78 is 0. The summed E-state index contributed by atoms with van der Waals surface area (Å²) in [5.41, 5.74) is 5.38. The van der Waals surface area contributed by atoms with Crippen LogP contribution in [-0.2, 0) is 9.59 Å². The molecular weight excluding hydrogens is 356 g/mol. The first-order valence-corrected chi connectivity index (χ1v) is 10.7. The highest BCUT2D eigenvalue weighted by molar-refractivity contribution is 5.81. The van der Waals surface area contributed by atoms with E-state index in [1.807, 2.05) is 14.1 Å². The van der Waals surface area contributed by atoms with Gasteiger partial charge in [0.15, 0.2) is 5.96 Å². The molecule has 8 nitrogen and oxygen atoms in total. The van der Waals surface area contributed by atoms with Crippen LogP contribution in [0, 0.1) is 5.92 Å². The number of likely N-dealkylation sites (N-methyl/N-ethyl adjacent to an activating group) is 1. The zero-order valence-electron chi connectivity index (χ0n) is 17.8. The number of hydrogen-bond donors (Lipinski definition) is 2. The number of nitrogens with two attached hydrogens (primary N) is 1. The molecule has 2 fully saturated rings. The first-order valence-electron chi connectivity index (χ1n) is 10.7. The fourth-order valence-corrected chi connectivity index (χ4v) is 4.26. The molecule has 8 heteroatoms. The van der Waals surface area contributed by atoms with Crippen LogP contribution in [0.3, 0.4) is 0 Å². The second kappa shape index (κ2) is 11.2. The zero-order chi connectivity index (χ0) is 20.5. The van der Waals surface area contributed by atoms with Gasteiger partial charge < -0.3 is 20.9 Å². The summed E-state index contributed by atoms with van der Waals surface area (Å²) in [6, 6.07) is 0.0314. The minimum absolute atomic E-state index is 0.0314. The molecule has 28 heavy (non-hydrogen) atoms. The Morgan fingerprint density at radius 3 is 2.64 bits per heavy atom. The van der Waals surface area contributed by atoms with E-state index in [4.69, 9.17) is 10.7 Å². The minimum atomic E-state index is -0.221. The van der Waals surface area contributed by atoms with Crippen LogP contribution in [0.25, 0.3) is 0 Å². The Labute approximate surface area is 169 Å². The van der Waals surface area contributed by atoms with Gasteiger partial charge in [-0.25, -0.2) is 0 Å². The fourth-order valence-electron chi connectivity index (χ4n) is 4.26. The summed E-state index contributed by atoms with van der Waals surface area (Å²) in [7, 11) is 3.66. The highest BCUT2D eigenvalue weighted by atomic mass is 16.2. The molecule has 160 valence electrons. The van der Waals surface area contributed by atoms with E-state index >= 15 is 0 Å². The van der Waals surface area contributed by atoms with Crippen LogP contribution in [-0.4, -0.2) is 91.9 Å². The Balaban J connectivity index is 1.85. The summed E-state index contributed by atoms with van der Waals surface area (Å²) in [6.45, 7) is 7.32. The van der Waals surface area contributed by atoms with Crippen molar-refractivity contribution >= 4 is 17.8 Å². The molecular formula is C20H38N6O2. The van der Waals surface area contributed by atoms with Gasteiger partial charge in [-0.15, -0.1) is 0 Å². The van der Waals surface area contributed by atoms with Crippen molar-refractivity contribution in [3.05, 3.63) is 0 Å². The van der Waals surface area contributed by atoms with Gasteiger partial charge in [-0.2, -0.15) is 0 Å². The molecule has 2 unspecified atom stereocenters. The van der Waals surface area contributed by atoms with E-state index < -0.39 is 0 Å². The van der Waals surface area contributed by atoms with Crippen LogP contribution in [0.5, 0.6) is 0 Å². The predicted octanol–water partition coefficient (Wildman–Crippen LogP) is 0.482. The highest BCUT2D eigenvalue weighted by Crippen LogP contribution is 2.20. The van der Waals surface area contributed by atoms with E-state index in [0.29, 0.717) is 12.3 Å². The van der Waals surface area contributed by atoms with Crippen molar-refractivity contribution in [2.45, 2.75) is 51.5 Å². The van der Waals surface area contributed by atoms with E-state index in [2.05, 4.69) is 22.0 Å². The lowest BCUT2D eigenvalue weighted by Gasteiger charge is -2.34. The van der Waals surface area contributed by atoms with Crippen LogP contribution in [0.4, 0.5) is 0 Å². The SMILES string of the molecule is CCNC(=NCCCN1CCCC1C(=O)N(C)C)N1CCCC(CC(N)=O)C1. The molecule has 0 radical (unpaired) electrons. The number of likely N-dealkylation sites (tertiary alicyclic amines) is 2. The third kappa shape index (κ3) is 6.65. The van der Waals surface area contributed by atoms with Crippen molar-refractivity contribution in [3.8, 4) is 0 Å². The Bertz CT molecular complexity index is 551. The normalized spacial score (nSPS) is 23.7. The molecule has 2 saturated heterocycles. The Kier molecular flexibility index (Phi) is 9.02. The summed E-state index contributed by atoms with van der Waals surface area (Å²) >= 11 is 0.